The number of hydrogen-bond donors (Lipinski definition) is 1. The molecular weight excluding hydrogens is 228 g/mol. The minimum atomic E-state index is 0.594. The van der Waals surface area contributed by atoms with Gasteiger partial charge >= 0.3 is 0 Å². The van der Waals surface area contributed by atoms with E-state index >= 15 is 0 Å². The average Bonchev–Trinajstić information content (AvgIpc) is 2.76. The number of nitrogens with zero attached hydrogens (tertiary/aromatic N) is 1. The van der Waals surface area contributed by atoms with Gasteiger partial charge in [-0.15, -0.1) is 11.3 Å². The second kappa shape index (κ2) is 5.98. The van der Waals surface area contributed by atoms with Gasteiger partial charge in [0.1, 0.15) is 0 Å². The molecule has 2 heterocycles. The highest BCUT2D eigenvalue weighted by molar-refractivity contribution is 7.12. The third kappa shape index (κ3) is 3.30. The second-order valence-electron chi connectivity index (χ2n) is 4.99. The zero-order chi connectivity index (χ0) is 12.3. The van der Waals surface area contributed by atoms with Crippen molar-refractivity contribution >= 4 is 11.3 Å². The molecule has 3 heteroatoms. The van der Waals surface area contributed by atoms with Gasteiger partial charge in [-0.2, -0.15) is 0 Å². The van der Waals surface area contributed by atoms with Crippen LogP contribution in [0, 0.1) is 6.92 Å². The van der Waals surface area contributed by atoms with E-state index in [9.17, 15) is 0 Å². The van der Waals surface area contributed by atoms with E-state index in [1.54, 1.807) is 0 Å². The van der Waals surface area contributed by atoms with Crippen molar-refractivity contribution < 1.29 is 0 Å². The largest absolute Gasteiger partial charge is 0.314 e. The molecule has 0 radical (unpaired) electrons. The summed E-state index contributed by atoms with van der Waals surface area (Å²) in [6.45, 7) is 10.3. The predicted molar refractivity (Wildman–Crippen MR) is 75.7 cm³/mol. The minimum Gasteiger partial charge on any atom is -0.314 e. The fourth-order valence-electron chi connectivity index (χ4n) is 2.64. The summed E-state index contributed by atoms with van der Waals surface area (Å²) >= 11 is 1.94. The van der Waals surface area contributed by atoms with Crippen molar-refractivity contribution in [3.05, 3.63) is 21.9 Å². The molecule has 1 atom stereocenters. The molecule has 1 aliphatic heterocycles. The molecule has 96 valence electrons. The summed E-state index contributed by atoms with van der Waals surface area (Å²) in [5.74, 6) is 0. The highest BCUT2D eigenvalue weighted by atomic mass is 32.1. The number of rotatable bonds is 4. The molecule has 2 rings (SSSR count). The van der Waals surface area contributed by atoms with Gasteiger partial charge in [-0.1, -0.05) is 6.92 Å². The molecule has 1 fully saturated rings. The van der Waals surface area contributed by atoms with E-state index < -0.39 is 0 Å². The lowest BCUT2D eigenvalue weighted by Crippen LogP contribution is -2.43. The predicted octanol–water partition coefficient (Wildman–Crippen LogP) is 3.19. The van der Waals surface area contributed by atoms with Crippen molar-refractivity contribution in [2.45, 2.75) is 45.7 Å². The lowest BCUT2D eigenvalue weighted by atomic mass is 10.0. The van der Waals surface area contributed by atoms with Crippen LogP contribution in [0.2, 0.25) is 0 Å². The van der Waals surface area contributed by atoms with Crippen LogP contribution in [0.5, 0.6) is 0 Å². The third-order valence-corrected chi connectivity index (χ3v) is 4.91. The molecule has 1 aliphatic rings. The van der Waals surface area contributed by atoms with Crippen LogP contribution in [0.25, 0.3) is 0 Å². The van der Waals surface area contributed by atoms with Gasteiger partial charge in [0.25, 0.3) is 0 Å². The summed E-state index contributed by atoms with van der Waals surface area (Å²) in [6.07, 6.45) is 2.59. The molecule has 0 aromatic carbocycles. The van der Waals surface area contributed by atoms with Crippen LogP contribution in [-0.2, 0) is 0 Å². The molecule has 1 unspecified atom stereocenters. The molecule has 0 saturated carbocycles. The van der Waals surface area contributed by atoms with Gasteiger partial charge in [-0.3, -0.25) is 4.90 Å². The fraction of sp³-hybridized carbons (Fsp3) is 0.714. The van der Waals surface area contributed by atoms with Crippen LogP contribution in [0.4, 0.5) is 0 Å². The number of hydrogen-bond acceptors (Lipinski definition) is 3. The zero-order valence-electron chi connectivity index (χ0n) is 11.2. The maximum Gasteiger partial charge on any atom is 0.0413 e. The summed E-state index contributed by atoms with van der Waals surface area (Å²) < 4.78 is 0. The summed E-state index contributed by atoms with van der Waals surface area (Å²) in [5.41, 5.74) is 0. The number of likely N-dealkylation sites (tertiary alicyclic amines) is 1. The summed E-state index contributed by atoms with van der Waals surface area (Å²) in [6, 6.07) is 5.87. The highest BCUT2D eigenvalue weighted by Crippen LogP contribution is 2.29. The Kier molecular flexibility index (Phi) is 4.60. The first-order valence-electron chi connectivity index (χ1n) is 6.74. The van der Waals surface area contributed by atoms with Gasteiger partial charge in [-0.05, 0) is 45.4 Å². The normalized spacial score (nSPS) is 20.6. The summed E-state index contributed by atoms with van der Waals surface area (Å²) in [7, 11) is 0. The van der Waals surface area contributed by atoms with Crippen LogP contribution < -0.4 is 5.32 Å². The Balaban J connectivity index is 1.88. The van der Waals surface area contributed by atoms with E-state index in [4.69, 9.17) is 0 Å². The monoisotopic (exact) mass is 252 g/mol. The lowest BCUT2D eigenvalue weighted by Gasteiger charge is -2.36. The van der Waals surface area contributed by atoms with Gasteiger partial charge in [0.2, 0.25) is 0 Å². The molecule has 17 heavy (non-hydrogen) atoms. The first-order valence-corrected chi connectivity index (χ1v) is 7.56. The Morgan fingerprint density at radius 1 is 1.41 bits per heavy atom. The molecule has 1 saturated heterocycles. The number of nitrogens with one attached hydrogen (secondary N) is 1. The van der Waals surface area contributed by atoms with Crippen LogP contribution >= 0.6 is 11.3 Å². The topological polar surface area (TPSA) is 15.3 Å². The van der Waals surface area contributed by atoms with Crippen molar-refractivity contribution in [1.82, 2.24) is 10.2 Å². The van der Waals surface area contributed by atoms with Crippen LogP contribution in [0.15, 0.2) is 12.1 Å². The van der Waals surface area contributed by atoms with Crippen LogP contribution in [0.1, 0.15) is 42.5 Å². The zero-order valence-corrected chi connectivity index (χ0v) is 12.0. The van der Waals surface area contributed by atoms with Crippen molar-refractivity contribution in [1.29, 1.82) is 0 Å². The van der Waals surface area contributed by atoms with Gasteiger partial charge in [0, 0.05) is 34.9 Å². The standard InChI is InChI=1S/C14H24N2S/c1-4-15-13-7-9-16(10-8-13)12(3)14-6-5-11(2)17-14/h5-6,12-13,15H,4,7-10H2,1-3H3. The molecule has 1 aromatic rings. The molecule has 0 amide bonds. The first-order chi connectivity index (χ1) is 8.20. The van der Waals surface area contributed by atoms with Crippen molar-refractivity contribution in [2.24, 2.45) is 0 Å². The summed E-state index contributed by atoms with van der Waals surface area (Å²) in [4.78, 5) is 5.57. The third-order valence-electron chi connectivity index (χ3n) is 3.74. The van der Waals surface area contributed by atoms with Gasteiger partial charge in [0.15, 0.2) is 0 Å². The molecule has 0 aliphatic carbocycles. The smallest absolute Gasteiger partial charge is 0.0413 e. The molecular formula is C14H24N2S. The van der Waals surface area contributed by atoms with E-state index in [1.807, 2.05) is 11.3 Å². The Hall–Kier alpha value is -0.380. The van der Waals surface area contributed by atoms with Crippen molar-refractivity contribution in [3.8, 4) is 0 Å². The Morgan fingerprint density at radius 3 is 2.65 bits per heavy atom. The van der Waals surface area contributed by atoms with E-state index in [0.29, 0.717) is 6.04 Å². The molecule has 1 aromatic heterocycles. The number of piperidine rings is 1. The number of thiophene rings is 1. The highest BCUT2D eigenvalue weighted by Gasteiger charge is 2.23. The summed E-state index contributed by atoms with van der Waals surface area (Å²) in [5, 5.41) is 3.56. The fourth-order valence-corrected chi connectivity index (χ4v) is 3.60. The van der Waals surface area contributed by atoms with Crippen LogP contribution in [-0.4, -0.2) is 30.6 Å². The van der Waals surface area contributed by atoms with E-state index in [2.05, 4.69) is 43.1 Å². The van der Waals surface area contributed by atoms with Gasteiger partial charge < -0.3 is 5.32 Å². The Labute approximate surface area is 109 Å². The quantitative estimate of drug-likeness (QED) is 0.885. The van der Waals surface area contributed by atoms with Crippen molar-refractivity contribution in [3.63, 3.8) is 0 Å². The van der Waals surface area contributed by atoms with Gasteiger partial charge in [0.05, 0.1) is 0 Å². The minimum absolute atomic E-state index is 0.594. The SMILES string of the molecule is CCNC1CCN(C(C)c2ccc(C)s2)CC1. The molecule has 0 spiro atoms. The average molecular weight is 252 g/mol. The maximum atomic E-state index is 3.56. The number of aryl methyl sites for hydroxylation is 1. The maximum absolute atomic E-state index is 3.56. The Bertz CT molecular complexity index is 340. The molecule has 0 bridgehead atoms. The van der Waals surface area contributed by atoms with Crippen molar-refractivity contribution in [2.75, 3.05) is 19.6 Å². The van der Waals surface area contributed by atoms with Gasteiger partial charge in [-0.25, -0.2) is 0 Å². The Morgan fingerprint density at radius 2 is 2.12 bits per heavy atom. The lowest BCUT2D eigenvalue weighted by molar-refractivity contribution is 0.155. The molecule has 1 N–H and O–H groups in total. The second-order valence-corrected chi connectivity index (χ2v) is 6.31. The molecule has 2 nitrogen and oxygen atoms in total. The first kappa shape index (κ1) is 13.1. The van der Waals surface area contributed by atoms with Crippen LogP contribution in [0.3, 0.4) is 0 Å². The van der Waals surface area contributed by atoms with E-state index in [0.717, 1.165) is 12.6 Å². The van der Waals surface area contributed by atoms with E-state index in [1.165, 1.54) is 35.7 Å². The van der Waals surface area contributed by atoms with E-state index in [-0.39, 0.29) is 0 Å².